The number of piperazine rings is 1. The molecule has 0 radical (unpaired) electrons. The number of hydrogen-bond donors (Lipinski definition) is 2. The molecular weight excluding hydrogens is 356 g/mol. The van der Waals surface area contributed by atoms with Crippen LogP contribution in [-0.4, -0.2) is 71.8 Å². The summed E-state index contributed by atoms with van der Waals surface area (Å²) >= 11 is 0. The molecule has 1 saturated heterocycles. The zero-order valence-electron chi connectivity index (χ0n) is 16.9. The average molecular weight is 391 g/mol. The van der Waals surface area contributed by atoms with Crippen molar-refractivity contribution in [3.05, 3.63) is 11.3 Å². The Labute approximate surface area is 167 Å². The van der Waals surface area contributed by atoms with Crippen LogP contribution in [0.2, 0.25) is 0 Å². The average Bonchev–Trinajstić information content (AvgIpc) is 3.21. The van der Waals surface area contributed by atoms with E-state index in [1.165, 1.54) is 32.1 Å². The van der Waals surface area contributed by atoms with Gasteiger partial charge in [0, 0.05) is 44.0 Å². The predicted octanol–water partition coefficient (Wildman–Crippen LogP) is 1.46. The molecule has 3 aliphatic rings. The van der Waals surface area contributed by atoms with Gasteiger partial charge in [-0.1, -0.05) is 32.1 Å². The molecule has 0 aromatic heterocycles. The number of carbonyl (C=O) groups is 2. The normalized spacial score (nSPS) is 24.7. The Morgan fingerprint density at radius 2 is 1.68 bits per heavy atom. The summed E-state index contributed by atoms with van der Waals surface area (Å²) in [5.41, 5.74) is 8.55. The van der Waals surface area contributed by atoms with Crippen molar-refractivity contribution in [3.8, 4) is 0 Å². The molecule has 0 aromatic rings. The first kappa shape index (κ1) is 20.8. The number of carbonyl (C=O) groups excluding carboxylic acids is 2. The van der Waals surface area contributed by atoms with Crippen LogP contribution in [0.25, 0.3) is 0 Å². The van der Waals surface area contributed by atoms with Gasteiger partial charge in [0.05, 0.1) is 0 Å². The monoisotopic (exact) mass is 390 g/mol. The molecule has 7 nitrogen and oxygen atoms in total. The molecule has 3 N–H and O–H groups in total. The number of rotatable bonds is 5. The van der Waals surface area contributed by atoms with Gasteiger partial charge in [0.15, 0.2) is 0 Å². The maximum Gasteiger partial charge on any atom is 0.270 e. The second-order valence-corrected chi connectivity index (χ2v) is 8.20. The minimum atomic E-state index is -0.485. The molecule has 156 valence electrons. The van der Waals surface area contributed by atoms with Crippen LogP contribution in [0.3, 0.4) is 0 Å². The largest absolute Gasteiger partial charge is 0.394 e. The summed E-state index contributed by atoms with van der Waals surface area (Å²) < 4.78 is 0. The zero-order chi connectivity index (χ0) is 19.9. The predicted molar refractivity (Wildman–Crippen MR) is 109 cm³/mol. The molecule has 7 heteroatoms. The lowest BCUT2D eigenvalue weighted by molar-refractivity contribution is -0.139. The minimum absolute atomic E-state index is 0.145. The van der Waals surface area contributed by atoms with Crippen LogP contribution in [0.15, 0.2) is 16.3 Å². The second-order valence-electron chi connectivity index (χ2n) is 8.20. The van der Waals surface area contributed by atoms with Crippen LogP contribution in [0.5, 0.6) is 0 Å². The first-order valence-electron chi connectivity index (χ1n) is 10.8. The Morgan fingerprint density at radius 1 is 1.00 bits per heavy atom. The molecule has 2 saturated carbocycles. The molecule has 0 atom stereocenters. The second kappa shape index (κ2) is 10.0. The number of amides is 2. The van der Waals surface area contributed by atoms with Crippen LogP contribution in [0, 0.1) is 5.92 Å². The van der Waals surface area contributed by atoms with Gasteiger partial charge in [-0.3, -0.25) is 14.6 Å². The van der Waals surface area contributed by atoms with Gasteiger partial charge in [-0.05, 0) is 31.6 Å². The van der Waals surface area contributed by atoms with E-state index in [9.17, 15) is 9.59 Å². The van der Waals surface area contributed by atoms with E-state index in [-0.39, 0.29) is 11.8 Å². The fourth-order valence-corrected chi connectivity index (χ4v) is 4.61. The van der Waals surface area contributed by atoms with E-state index < -0.39 is 6.61 Å². The standard InChI is InChI=1S/C21H34N4O3/c22-20(21(28)25-13-11-24(12-14-25)19(27)15-26)17-7-4-8-18(17)23-10-9-16-5-2-1-3-6-16/h16,26H,1-15,22H2/b20-17-,23-18?. The highest BCUT2D eigenvalue weighted by Crippen LogP contribution is 2.28. The summed E-state index contributed by atoms with van der Waals surface area (Å²) in [6.07, 6.45) is 10.6. The molecule has 0 unspecified atom stereocenters. The van der Waals surface area contributed by atoms with Crippen molar-refractivity contribution in [2.45, 2.75) is 57.8 Å². The van der Waals surface area contributed by atoms with Gasteiger partial charge < -0.3 is 20.6 Å². The quantitative estimate of drug-likeness (QED) is 0.694. The van der Waals surface area contributed by atoms with Crippen LogP contribution < -0.4 is 5.73 Å². The van der Waals surface area contributed by atoms with Gasteiger partial charge in [0.25, 0.3) is 5.91 Å². The molecule has 2 amide bonds. The number of nitrogens with zero attached hydrogens (tertiary/aromatic N) is 3. The molecule has 3 rings (SSSR count). The van der Waals surface area contributed by atoms with Crippen molar-refractivity contribution in [3.63, 3.8) is 0 Å². The summed E-state index contributed by atoms with van der Waals surface area (Å²) in [4.78, 5) is 32.5. The van der Waals surface area contributed by atoms with Crippen LogP contribution in [-0.2, 0) is 9.59 Å². The molecule has 0 spiro atoms. The third-order valence-electron chi connectivity index (χ3n) is 6.36. The van der Waals surface area contributed by atoms with Crippen molar-refractivity contribution < 1.29 is 14.7 Å². The van der Waals surface area contributed by atoms with E-state index in [2.05, 4.69) is 0 Å². The minimum Gasteiger partial charge on any atom is -0.394 e. The zero-order valence-corrected chi connectivity index (χ0v) is 16.9. The first-order valence-corrected chi connectivity index (χ1v) is 10.8. The molecular formula is C21H34N4O3. The molecule has 3 fully saturated rings. The lowest BCUT2D eigenvalue weighted by Crippen LogP contribution is -2.52. The van der Waals surface area contributed by atoms with Crippen molar-refractivity contribution >= 4 is 17.5 Å². The van der Waals surface area contributed by atoms with Gasteiger partial charge in [0.2, 0.25) is 5.91 Å². The number of allylic oxidation sites excluding steroid dienone is 1. The first-order chi connectivity index (χ1) is 13.6. The van der Waals surface area contributed by atoms with Crippen LogP contribution in [0.4, 0.5) is 0 Å². The highest BCUT2D eigenvalue weighted by molar-refractivity contribution is 6.09. The lowest BCUT2D eigenvalue weighted by Gasteiger charge is -2.34. The van der Waals surface area contributed by atoms with Crippen molar-refractivity contribution in [1.29, 1.82) is 0 Å². The Hall–Kier alpha value is -1.89. The number of hydrogen-bond acceptors (Lipinski definition) is 5. The van der Waals surface area contributed by atoms with Crippen molar-refractivity contribution in [2.75, 3.05) is 39.3 Å². The van der Waals surface area contributed by atoms with Gasteiger partial charge >= 0.3 is 0 Å². The molecule has 1 aliphatic heterocycles. The fourth-order valence-electron chi connectivity index (χ4n) is 4.61. The number of nitrogens with two attached hydrogens (primary N) is 1. The van der Waals surface area contributed by atoms with E-state index in [0.29, 0.717) is 31.9 Å². The van der Waals surface area contributed by atoms with Gasteiger partial charge in [0.1, 0.15) is 12.3 Å². The molecule has 28 heavy (non-hydrogen) atoms. The maximum atomic E-state index is 12.8. The van der Waals surface area contributed by atoms with Crippen molar-refractivity contribution in [2.24, 2.45) is 16.6 Å². The van der Waals surface area contributed by atoms with E-state index >= 15 is 0 Å². The van der Waals surface area contributed by atoms with Gasteiger partial charge in [-0.15, -0.1) is 0 Å². The Morgan fingerprint density at radius 3 is 2.36 bits per heavy atom. The fraction of sp³-hybridized carbons (Fsp3) is 0.762. The van der Waals surface area contributed by atoms with Crippen molar-refractivity contribution in [1.82, 2.24) is 9.80 Å². The SMILES string of the molecule is N/C(C(=O)N1CCN(C(=O)CO)CC1)=C1/CCCC1=NCCC1CCCCC1. The third-order valence-corrected chi connectivity index (χ3v) is 6.36. The molecule has 2 aliphatic carbocycles. The summed E-state index contributed by atoms with van der Waals surface area (Å²) in [7, 11) is 0. The smallest absolute Gasteiger partial charge is 0.270 e. The Kier molecular flexibility index (Phi) is 7.48. The van der Waals surface area contributed by atoms with Crippen LogP contribution in [0.1, 0.15) is 57.8 Å². The Bertz CT molecular complexity index is 630. The van der Waals surface area contributed by atoms with E-state index in [0.717, 1.165) is 49.4 Å². The lowest BCUT2D eigenvalue weighted by atomic mass is 9.87. The highest BCUT2D eigenvalue weighted by Gasteiger charge is 2.28. The summed E-state index contributed by atoms with van der Waals surface area (Å²) in [6.45, 7) is 2.14. The van der Waals surface area contributed by atoms with Crippen LogP contribution >= 0.6 is 0 Å². The number of aliphatic hydroxyl groups excluding tert-OH is 1. The maximum absolute atomic E-state index is 12.8. The third kappa shape index (κ3) is 5.13. The van der Waals surface area contributed by atoms with Gasteiger partial charge in [-0.25, -0.2) is 0 Å². The topological polar surface area (TPSA) is 99.2 Å². The van der Waals surface area contributed by atoms with E-state index in [1.807, 2.05) is 0 Å². The number of aliphatic hydroxyl groups is 1. The summed E-state index contributed by atoms with van der Waals surface area (Å²) in [5.74, 6) is 0.374. The summed E-state index contributed by atoms with van der Waals surface area (Å²) in [6, 6.07) is 0. The van der Waals surface area contributed by atoms with E-state index in [4.69, 9.17) is 15.8 Å². The molecule has 1 heterocycles. The summed E-state index contributed by atoms with van der Waals surface area (Å²) in [5, 5.41) is 8.96. The molecule has 0 aromatic carbocycles. The number of aliphatic imine (C=N–C) groups is 1. The van der Waals surface area contributed by atoms with E-state index in [1.54, 1.807) is 9.80 Å². The Balaban J connectivity index is 1.57. The molecule has 0 bridgehead atoms. The highest BCUT2D eigenvalue weighted by atomic mass is 16.3. The van der Waals surface area contributed by atoms with Gasteiger partial charge in [-0.2, -0.15) is 0 Å².